The summed E-state index contributed by atoms with van der Waals surface area (Å²) < 4.78 is 0. The summed E-state index contributed by atoms with van der Waals surface area (Å²) in [6.07, 6.45) is 3.42. The molecule has 0 fully saturated rings. The van der Waals surface area contributed by atoms with Crippen molar-refractivity contribution in [3.8, 4) is 11.5 Å². The Morgan fingerprint density at radius 3 is 2.53 bits per heavy atom. The second-order valence-electron chi connectivity index (χ2n) is 3.83. The Bertz CT molecular complexity index is 395. The van der Waals surface area contributed by atoms with Gasteiger partial charge in [-0.25, -0.2) is 0 Å². The van der Waals surface area contributed by atoms with Crippen molar-refractivity contribution in [2.45, 2.75) is 12.8 Å². The first-order valence-electron chi connectivity index (χ1n) is 5.45. The highest BCUT2D eigenvalue weighted by Crippen LogP contribution is 2.27. The molecule has 1 amide bonds. The summed E-state index contributed by atoms with van der Waals surface area (Å²) in [5.74, 6) is -0.791. The summed E-state index contributed by atoms with van der Waals surface area (Å²) in [6, 6.07) is 4.24. The third-order valence-electron chi connectivity index (χ3n) is 2.48. The van der Waals surface area contributed by atoms with Crippen molar-refractivity contribution in [3.63, 3.8) is 0 Å². The van der Waals surface area contributed by atoms with Crippen LogP contribution in [-0.2, 0) is 0 Å². The number of hydrogen-bond donors (Lipinski definition) is 2. The molecule has 0 aliphatic carbocycles. The van der Waals surface area contributed by atoms with E-state index in [1.165, 1.54) is 23.1 Å². The van der Waals surface area contributed by atoms with E-state index in [9.17, 15) is 15.0 Å². The van der Waals surface area contributed by atoms with Crippen molar-refractivity contribution in [2.75, 3.05) is 13.6 Å². The highest BCUT2D eigenvalue weighted by Gasteiger charge is 2.19. The summed E-state index contributed by atoms with van der Waals surface area (Å²) >= 11 is 0. The Kier molecular flexibility index (Phi) is 4.57. The Morgan fingerprint density at radius 2 is 2.00 bits per heavy atom. The highest BCUT2D eigenvalue weighted by atomic mass is 16.3. The predicted octanol–water partition coefficient (Wildman–Crippen LogP) is 2.14. The number of nitrogens with zero attached hydrogens (tertiary/aromatic N) is 1. The molecule has 4 nitrogen and oxygen atoms in total. The van der Waals surface area contributed by atoms with Gasteiger partial charge in [-0.2, -0.15) is 0 Å². The number of amides is 1. The molecule has 1 aromatic rings. The van der Waals surface area contributed by atoms with Gasteiger partial charge in [-0.3, -0.25) is 4.79 Å². The number of rotatable bonds is 5. The van der Waals surface area contributed by atoms with Gasteiger partial charge in [0.1, 0.15) is 17.1 Å². The monoisotopic (exact) mass is 235 g/mol. The Morgan fingerprint density at radius 1 is 1.41 bits per heavy atom. The van der Waals surface area contributed by atoms with Crippen LogP contribution in [0.1, 0.15) is 23.2 Å². The van der Waals surface area contributed by atoms with Crippen molar-refractivity contribution in [1.29, 1.82) is 0 Å². The molecule has 0 bridgehead atoms. The van der Waals surface area contributed by atoms with E-state index in [2.05, 4.69) is 6.58 Å². The molecule has 0 aliphatic heterocycles. The third-order valence-corrected chi connectivity index (χ3v) is 2.48. The van der Waals surface area contributed by atoms with Gasteiger partial charge in [0, 0.05) is 13.6 Å². The molecule has 0 heterocycles. The molecular formula is C13H17NO3. The maximum absolute atomic E-state index is 12.0. The number of unbranched alkanes of at least 4 members (excludes halogenated alkanes) is 1. The lowest BCUT2D eigenvalue weighted by atomic mass is 10.1. The summed E-state index contributed by atoms with van der Waals surface area (Å²) in [6.45, 7) is 4.16. The summed E-state index contributed by atoms with van der Waals surface area (Å²) in [5, 5.41) is 19.1. The van der Waals surface area contributed by atoms with Crippen LogP contribution in [-0.4, -0.2) is 34.6 Å². The largest absolute Gasteiger partial charge is 0.507 e. The van der Waals surface area contributed by atoms with Crippen molar-refractivity contribution in [1.82, 2.24) is 4.90 Å². The van der Waals surface area contributed by atoms with Crippen LogP contribution in [0, 0.1) is 0 Å². The normalized spacial score (nSPS) is 9.94. The van der Waals surface area contributed by atoms with Crippen LogP contribution in [0.4, 0.5) is 0 Å². The van der Waals surface area contributed by atoms with Crippen LogP contribution >= 0.6 is 0 Å². The number of phenols is 2. The zero-order valence-electron chi connectivity index (χ0n) is 9.89. The second kappa shape index (κ2) is 5.94. The van der Waals surface area contributed by atoms with Crippen molar-refractivity contribution >= 4 is 5.91 Å². The van der Waals surface area contributed by atoms with E-state index >= 15 is 0 Å². The first-order valence-corrected chi connectivity index (χ1v) is 5.45. The fraction of sp³-hybridized carbons (Fsp3) is 0.308. The van der Waals surface area contributed by atoms with Gasteiger partial charge in [-0.05, 0) is 25.0 Å². The lowest BCUT2D eigenvalue weighted by Gasteiger charge is -2.17. The zero-order chi connectivity index (χ0) is 12.8. The number of carbonyl (C=O) groups is 1. The molecule has 0 atom stereocenters. The van der Waals surface area contributed by atoms with Crippen molar-refractivity contribution in [3.05, 3.63) is 36.4 Å². The number of benzene rings is 1. The summed E-state index contributed by atoms with van der Waals surface area (Å²) in [4.78, 5) is 13.4. The first kappa shape index (κ1) is 13.1. The maximum Gasteiger partial charge on any atom is 0.261 e. The number of aromatic hydroxyl groups is 2. The van der Waals surface area contributed by atoms with Gasteiger partial charge in [0.2, 0.25) is 0 Å². The quantitative estimate of drug-likeness (QED) is 0.607. The van der Waals surface area contributed by atoms with E-state index in [1.807, 2.05) is 0 Å². The van der Waals surface area contributed by atoms with E-state index in [-0.39, 0.29) is 23.0 Å². The van der Waals surface area contributed by atoms with E-state index < -0.39 is 0 Å². The van der Waals surface area contributed by atoms with Gasteiger partial charge >= 0.3 is 0 Å². The van der Waals surface area contributed by atoms with Crippen LogP contribution in [0.2, 0.25) is 0 Å². The molecule has 0 aliphatic rings. The number of allylic oxidation sites excluding steroid dienone is 1. The maximum atomic E-state index is 12.0. The van der Waals surface area contributed by atoms with Crippen molar-refractivity contribution in [2.24, 2.45) is 0 Å². The molecule has 0 saturated carbocycles. The molecule has 2 N–H and O–H groups in total. The fourth-order valence-corrected chi connectivity index (χ4v) is 1.51. The molecule has 0 aromatic heterocycles. The van der Waals surface area contributed by atoms with E-state index in [0.29, 0.717) is 6.54 Å². The van der Waals surface area contributed by atoms with Crippen LogP contribution in [0.3, 0.4) is 0 Å². The molecule has 0 unspecified atom stereocenters. The van der Waals surface area contributed by atoms with Gasteiger partial charge in [0.05, 0.1) is 0 Å². The minimum atomic E-state index is -0.385. The summed E-state index contributed by atoms with van der Waals surface area (Å²) in [7, 11) is 1.64. The Labute approximate surface area is 101 Å². The van der Waals surface area contributed by atoms with Crippen molar-refractivity contribution < 1.29 is 15.0 Å². The Hall–Kier alpha value is -1.97. The average Bonchev–Trinajstić information content (AvgIpc) is 2.28. The SMILES string of the molecule is C=CCCCN(C)C(=O)c1c(O)cccc1O. The lowest BCUT2D eigenvalue weighted by Crippen LogP contribution is -2.27. The number of phenolic OH excluding ortho intramolecular Hbond substituents is 2. The van der Waals surface area contributed by atoms with Gasteiger partial charge < -0.3 is 15.1 Å². The Balaban J connectivity index is 2.78. The smallest absolute Gasteiger partial charge is 0.261 e. The standard InChI is InChI=1S/C13H17NO3/c1-3-4-5-9-14(2)13(17)12-10(15)7-6-8-11(12)16/h3,6-8,15-16H,1,4-5,9H2,2H3. The van der Waals surface area contributed by atoms with E-state index in [4.69, 9.17) is 0 Å². The van der Waals surface area contributed by atoms with Gasteiger partial charge in [0.15, 0.2) is 0 Å². The first-order chi connectivity index (χ1) is 8.07. The summed E-state index contributed by atoms with van der Waals surface area (Å²) in [5.41, 5.74) is -0.0476. The van der Waals surface area contributed by atoms with Crippen LogP contribution in [0.25, 0.3) is 0 Å². The second-order valence-corrected chi connectivity index (χ2v) is 3.83. The highest BCUT2D eigenvalue weighted by molar-refractivity contribution is 5.99. The molecule has 1 aromatic carbocycles. The topological polar surface area (TPSA) is 60.8 Å². The van der Waals surface area contributed by atoms with Gasteiger partial charge in [-0.1, -0.05) is 12.1 Å². The van der Waals surface area contributed by atoms with E-state index in [0.717, 1.165) is 12.8 Å². The molecule has 17 heavy (non-hydrogen) atoms. The third kappa shape index (κ3) is 3.24. The molecule has 0 saturated heterocycles. The molecule has 4 heteroatoms. The minimum Gasteiger partial charge on any atom is -0.507 e. The molecule has 0 spiro atoms. The average molecular weight is 235 g/mol. The van der Waals surface area contributed by atoms with Crippen LogP contribution in [0.5, 0.6) is 11.5 Å². The van der Waals surface area contributed by atoms with Gasteiger partial charge in [-0.15, -0.1) is 6.58 Å². The number of carbonyl (C=O) groups excluding carboxylic acids is 1. The predicted molar refractivity (Wildman–Crippen MR) is 66.2 cm³/mol. The number of hydrogen-bond acceptors (Lipinski definition) is 3. The lowest BCUT2D eigenvalue weighted by molar-refractivity contribution is 0.0787. The molecular weight excluding hydrogens is 218 g/mol. The van der Waals surface area contributed by atoms with Gasteiger partial charge in [0.25, 0.3) is 5.91 Å². The molecule has 1 rings (SSSR count). The molecule has 0 radical (unpaired) electrons. The molecule has 92 valence electrons. The van der Waals surface area contributed by atoms with Crippen LogP contribution in [0.15, 0.2) is 30.9 Å². The van der Waals surface area contributed by atoms with E-state index in [1.54, 1.807) is 13.1 Å². The van der Waals surface area contributed by atoms with Crippen LogP contribution < -0.4 is 0 Å². The zero-order valence-corrected chi connectivity index (χ0v) is 9.89. The minimum absolute atomic E-state index is 0.0476. The fourth-order valence-electron chi connectivity index (χ4n) is 1.51.